The molecule has 0 radical (unpaired) electrons. The molecule has 8 heteroatoms. The summed E-state index contributed by atoms with van der Waals surface area (Å²) < 4.78 is 34.4. The Labute approximate surface area is 203 Å². The molecule has 1 amide bonds. The lowest BCUT2D eigenvalue weighted by atomic mass is 10.1. The van der Waals surface area contributed by atoms with Crippen molar-refractivity contribution in [2.45, 2.75) is 31.3 Å². The van der Waals surface area contributed by atoms with Crippen molar-refractivity contribution in [3.05, 3.63) is 94.5 Å². The Hall–Kier alpha value is -2.68. The van der Waals surface area contributed by atoms with Crippen LogP contribution in [0, 0.1) is 0 Å². The van der Waals surface area contributed by atoms with Gasteiger partial charge in [-0.1, -0.05) is 58.4 Å². The van der Waals surface area contributed by atoms with E-state index < -0.39 is 10.0 Å². The van der Waals surface area contributed by atoms with E-state index in [1.54, 1.807) is 12.1 Å². The van der Waals surface area contributed by atoms with Crippen molar-refractivity contribution in [1.82, 2.24) is 9.62 Å². The molecule has 1 atom stereocenters. The van der Waals surface area contributed by atoms with Crippen LogP contribution in [0.1, 0.15) is 31.0 Å². The Morgan fingerprint density at radius 3 is 2.36 bits per heavy atom. The summed E-state index contributed by atoms with van der Waals surface area (Å²) in [4.78, 5) is 13.0. The van der Waals surface area contributed by atoms with Crippen LogP contribution in [0.25, 0.3) is 0 Å². The van der Waals surface area contributed by atoms with E-state index in [-0.39, 0.29) is 29.9 Å². The van der Waals surface area contributed by atoms with Gasteiger partial charge in [-0.3, -0.25) is 4.79 Å². The third-order valence-electron chi connectivity index (χ3n) is 5.02. The second kappa shape index (κ2) is 11.4. The van der Waals surface area contributed by atoms with Gasteiger partial charge >= 0.3 is 0 Å². The average molecular weight is 531 g/mol. The van der Waals surface area contributed by atoms with Crippen molar-refractivity contribution >= 4 is 31.9 Å². The maximum absolute atomic E-state index is 13.4. The predicted molar refractivity (Wildman–Crippen MR) is 132 cm³/mol. The van der Waals surface area contributed by atoms with E-state index in [1.165, 1.54) is 16.4 Å². The Morgan fingerprint density at radius 2 is 1.73 bits per heavy atom. The van der Waals surface area contributed by atoms with Crippen LogP contribution < -0.4 is 10.1 Å². The van der Waals surface area contributed by atoms with E-state index in [4.69, 9.17) is 4.74 Å². The number of rotatable bonds is 10. The van der Waals surface area contributed by atoms with E-state index in [0.29, 0.717) is 12.4 Å². The van der Waals surface area contributed by atoms with E-state index in [1.807, 2.05) is 68.4 Å². The van der Waals surface area contributed by atoms with Gasteiger partial charge in [-0.25, -0.2) is 8.42 Å². The first-order valence-corrected chi connectivity index (χ1v) is 12.8. The molecule has 0 saturated heterocycles. The Kier molecular flexibility index (Phi) is 8.66. The molecule has 3 aromatic carbocycles. The topological polar surface area (TPSA) is 75.7 Å². The van der Waals surface area contributed by atoms with Crippen molar-refractivity contribution in [2.24, 2.45) is 0 Å². The highest BCUT2D eigenvalue weighted by atomic mass is 79.9. The molecule has 174 valence electrons. The second-order valence-corrected chi connectivity index (χ2v) is 10.4. The molecule has 0 unspecified atom stereocenters. The summed E-state index contributed by atoms with van der Waals surface area (Å²) in [6.07, 6.45) is 0. The number of carbonyl (C=O) groups is 1. The molecule has 0 aliphatic rings. The Morgan fingerprint density at radius 1 is 1.03 bits per heavy atom. The molecular weight excluding hydrogens is 504 g/mol. The quantitative estimate of drug-likeness (QED) is 0.403. The SMILES string of the molecule is CCOc1ccc(S(=O)(=O)N(CC(=O)N[C@H](C)c2cccc(Br)c2)Cc2ccccc2)cc1. The third-order valence-corrected chi connectivity index (χ3v) is 7.32. The molecule has 3 aromatic rings. The van der Waals surface area contributed by atoms with E-state index in [9.17, 15) is 13.2 Å². The summed E-state index contributed by atoms with van der Waals surface area (Å²) in [6.45, 7) is 3.99. The minimum absolute atomic E-state index is 0.0784. The molecule has 0 bridgehead atoms. The van der Waals surface area contributed by atoms with Gasteiger partial charge < -0.3 is 10.1 Å². The Balaban J connectivity index is 1.82. The highest BCUT2D eigenvalue weighted by Gasteiger charge is 2.27. The summed E-state index contributed by atoms with van der Waals surface area (Å²) in [5, 5.41) is 2.90. The van der Waals surface area contributed by atoms with Crippen LogP contribution >= 0.6 is 15.9 Å². The number of nitrogens with one attached hydrogen (secondary N) is 1. The van der Waals surface area contributed by atoms with Crippen LogP contribution in [0.15, 0.2) is 88.2 Å². The highest BCUT2D eigenvalue weighted by molar-refractivity contribution is 9.10. The standard InChI is InChI=1S/C25H27BrN2O4S/c1-3-32-23-12-14-24(15-13-23)33(30,31)28(17-20-8-5-4-6-9-20)18-25(29)27-19(2)21-10-7-11-22(26)16-21/h4-16,19H,3,17-18H2,1-2H3,(H,27,29)/t19-/m1/s1. The zero-order valence-corrected chi connectivity index (χ0v) is 21.0. The van der Waals surface area contributed by atoms with Crippen LogP contribution in [-0.2, 0) is 21.4 Å². The first kappa shape index (κ1) is 25.0. The van der Waals surface area contributed by atoms with Gasteiger partial charge in [0.05, 0.1) is 24.1 Å². The number of nitrogens with zero attached hydrogens (tertiary/aromatic N) is 1. The number of benzene rings is 3. The van der Waals surface area contributed by atoms with Gasteiger partial charge in [0.1, 0.15) is 5.75 Å². The van der Waals surface area contributed by atoms with Gasteiger partial charge in [0.15, 0.2) is 0 Å². The number of amides is 1. The highest BCUT2D eigenvalue weighted by Crippen LogP contribution is 2.22. The van der Waals surface area contributed by atoms with Gasteiger partial charge in [0.2, 0.25) is 15.9 Å². The molecule has 33 heavy (non-hydrogen) atoms. The lowest BCUT2D eigenvalue weighted by Gasteiger charge is -2.23. The van der Waals surface area contributed by atoms with Crippen LogP contribution in [-0.4, -0.2) is 31.8 Å². The average Bonchev–Trinajstić information content (AvgIpc) is 2.80. The lowest BCUT2D eigenvalue weighted by Crippen LogP contribution is -2.41. The maximum Gasteiger partial charge on any atom is 0.243 e. The molecule has 6 nitrogen and oxygen atoms in total. The molecule has 0 aromatic heterocycles. The number of carbonyl (C=O) groups excluding carboxylic acids is 1. The molecule has 3 rings (SSSR count). The summed E-state index contributed by atoms with van der Waals surface area (Å²) in [6, 6.07) is 22.8. The Bertz CT molecular complexity index is 1170. The fraction of sp³-hybridized carbons (Fsp3) is 0.240. The van der Waals surface area contributed by atoms with Crippen LogP contribution in [0.4, 0.5) is 0 Å². The largest absolute Gasteiger partial charge is 0.494 e. The summed E-state index contributed by atoms with van der Waals surface area (Å²) >= 11 is 3.43. The van der Waals surface area contributed by atoms with Gasteiger partial charge in [-0.05, 0) is 61.4 Å². The second-order valence-electron chi connectivity index (χ2n) is 7.51. The molecule has 0 fully saturated rings. The summed E-state index contributed by atoms with van der Waals surface area (Å²) in [5.41, 5.74) is 1.71. The minimum atomic E-state index is -3.92. The number of sulfonamides is 1. The smallest absolute Gasteiger partial charge is 0.243 e. The summed E-state index contributed by atoms with van der Waals surface area (Å²) in [7, 11) is -3.92. The fourth-order valence-electron chi connectivity index (χ4n) is 3.34. The van der Waals surface area contributed by atoms with Gasteiger partial charge in [0, 0.05) is 11.0 Å². The predicted octanol–water partition coefficient (Wildman–Crippen LogP) is 4.92. The van der Waals surface area contributed by atoms with Crippen LogP contribution in [0.3, 0.4) is 0 Å². The fourth-order valence-corrected chi connectivity index (χ4v) is 5.14. The maximum atomic E-state index is 13.4. The lowest BCUT2D eigenvalue weighted by molar-refractivity contribution is -0.122. The van der Waals surface area contributed by atoms with Gasteiger partial charge in [0.25, 0.3) is 0 Å². The molecule has 0 aliphatic heterocycles. The van der Waals surface area contributed by atoms with Crippen molar-refractivity contribution < 1.29 is 17.9 Å². The number of hydrogen-bond donors (Lipinski definition) is 1. The van der Waals surface area contributed by atoms with Crippen LogP contribution in [0.2, 0.25) is 0 Å². The third kappa shape index (κ3) is 6.90. The summed E-state index contributed by atoms with van der Waals surface area (Å²) in [5.74, 6) is 0.208. The van der Waals surface area contributed by atoms with Crippen molar-refractivity contribution in [2.75, 3.05) is 13.2 Å². The monoisotopic (exact) mass is 530 g/mol. The molecule has 0 aliphatic carbocycles. The van der Waals surface area contributed by atoms with E-state index >= 15 is 0 Å². The van der Waals surface area contributed by atoms with Crippen molar-refractivity contribution in [3.8, 4) is 5.75 Å². The van der Waals surface area contributed by atoms with E-state index in [0.717, 1.165) is 15.6 Å². The van der Waals surface area contributed by atoms with Gasteiger partial charge in [-0.15, -0.1) is 0 Å². The molecule has 1 N–H and O–H groups in total. The first-order chi connectivity index (χ1) is 15.8. The minimum Gasteiger partial charge on any atom is -0.494 e. The van der Waals surface area contributed by atoms with Gasteiger partial charge in [-0.2, -0.15) is 4.31 Å². The number of hydrogen-bond acceptors (Lipinski definition) is 4. The molecule has 0 spiro atoms. The van der Waals surface area contributed by atoms with Crippen molar-refractivity contribution in [3.63, 3.8) is 0 Å². The van der Waals surface area contributed by atoms with E-state index in [2.05, 4.69) is 21.2 Å². The normalized spacial score (nSPS) is 12.4. The van der Waals surface area contributed by atoms with Crippen molar-refractivity contribution in [1.29, 1.82) is 0 Å². The molecular formula is C25H27BrN2O4S. The number of halogens is 1. The molecule has 0 heterocycles. The first-order valence-electron chi connectivity index (χ1n) is 10.6. The zero-order valence-electron chi connectivity index (χ0n) is 18.6. The molecule has 0 saturated carbocycles. The zero-order chi connectivity index (χ0) is 23.8. The van der Waals surface area contributed by atoms with Crippen LogP contribution in [0.5, 0.6) is 5.75 Å². The number of ether oxygens (including phenoxy) is 1.